The summed E-state index contributed by atoms with van der Waals surface area (Å²) in [6, 6.07) is 12.8. The highest BCUT2D eigenvalue weighted by Crippen LogP contribution is 2.19. The smallest absolute Gasteiger partial charge is 0.411 e. The Labute approximate surface area is 189 Å². The first-order valence-electron chi connectivity index (χ1n) is 10.7. The molecule has 172 valence electrons. The molecule has 33 heavy (non-hydrogen) atoms. The van der Waals surface area contributed by atoms with Crippen molar-refractivity contribution in [1.82, 2.24) is 15.1 Å². The molecule has 0 bridgehead atoms. The van der Waals surface area contributed by atoms with E-state index in [1.165, 1.54) is 16.8 Å². The number of hydrogen-bond donors (Lipinski definition) is 2. The van der Waals surface area contributed by atoms with Gasteiger partial charge in [-0.15, -0.1) is 0 Å². The van der Waals surface area contributed by atoms with E-state index in [1.807, 2.05) is 0 Å². The van der Waals surface area contributed by atoms with Crippen molar-refractivity contribution in [3.05, 3.63) is 82.1 Å². The van der Waals surface area contributed by atoms with Gasteiger partial charge in [0.1, 0.15) is 11.6 Å². The zero-order chi connectivity index (χ0) is 23.2. The maximum Gasteiger partial charge on any atom is 0.411 e. The van der Waals surface area contributed by atoms with E-state index in [0.29, 0.717) is 23.8 Å². The third-order valence-corrected chi connectivity index (χ3v) is 5.44. The lowest BCUT2D eigenvalue weighted by Gasteiger charge is -2.22. The molecule has 0 aliphatic carbocycles. The Morgan fingerprint density at radius 1 is 1.09 bits per heavy atom. The van der Waals surface area contributed by atoms with Crippen molar-refractivity contribution < 1.29 is 18.3 Å². The van der Waals surface area contributed by atoms with E-state index in [4.69, 9.17) is 4.74 Å². The van der Waals surface area contributed by atoms with Gasteiger partial charge in [0, 0.05) is 23.4 Å². The van der Waals surface area contributed by atoms with Crippen molar-refractivity contribution in [1.29, 1.82) is 0 Å². The van der Waals surface area contributed by atoms with Crippen LogP contribution in [0.15, 0.2) is 59.4 Å². The molecule has 4 rings (SSSR count). The number of benzene rings is 2. The molecule has 1 aromatic heterocycles. The Kier molecular flexibility index (Phi) is 7.09. The predicted octanol–water partition coefficient (Wildman–Crippen LogP) is 3.78. The summed E-state index contributed by atoms with van der Waals surface area (Å²) in [5.41, 5.74) is 1.37. The zero-order valence-electron chi connectivity index (χ0n) is 17.9. The molecule has 2 aromatic carbocycles. The lowest BCUT2D eigenvalue weighted by atomic mass is 9.99. The highest BCUT2D eigenvalue weighted by atomic mass is 19.1. The quantitative estimate of drug-likeness (QED) is 0.592. The fourth-order valence-electron chi connectivity index (χ4n) is 3.73. The molecule has 0 spiro atoms. The second-order valence-corrected chi connectivity index (χ2v) is 7.99. The van der Waals surface area contributed by atoms with E-state index in [2.05, 4.69) is 15.7 Å². The molecule has 9 heteroatoms. The second-order valence-electron chi connectivity index (χ2n) is 7.99. The molecule has 0 unspecified atom stereocenters. The van der Waals surface area contributed by atoms with E-state index in [1.54, 1.807) is 24.3 Å². The number of anilines is 1. The number of nitrogens with zero attached hydrogens (tertiary/aromatic N) is 2. The minimum Gasteiger partial charge on any atom is -0.449 e. The first-order chi connectivity index (χ1) is 16.0. The van der Waals surface area contributed by atoms with Crippen LogP contribution in [0.4, 0.5) is 19.3 Å². The normalized spacial score (nSPS) is 14.1. The van der Waals surface area contributed by atoms with Crippen LogP contribution in [-0.4, -0.2) is 35.6 Å². The van der Waals surface area contributed by atoms with E-state index < -0.39 is 17.7 Å². The highest BCUT2D eigenvalue weighted by molar-refractivity contribution is 5.84. The maximum absolute atomic E-state index is 13.6. The Bertz CT molecular complexity index is 1170. The third-order valence-electron chi connectivity index (χ3n) is 5.44. The molecule has 2 heterocycles. The van der Waals surface area contributed by atoms with Crippen LogP contribution in [0.25, 0.3) is 11.3 Å². The fourth-order valence-corrected chi connectivity index (χ4v) is 3.73. The first kappa shape index (κ1) is 22.6. The fraction of sp³-hybridized carbons (Fsp3) is 0.292. The second kappa shape index (κ2) is 10.4. The van der Waals surface area contributed by atoms with Gasteiger partial charge in [-0.05, 0) is 67.7 Å². The molecular formula is C24H24F2N4O3. The number of ether oxygens (including phenoxy) is 1. The average Bonchev–Trinajstić information content (AvgIpc) is 2.79. The summed E-state index contributed by atoms with van der Waals surface area (Å²) in [5, 5.41) is 10.2. The molecule has 0 radical (unpaired) electrons. The number of aromatic nitrogens is 2. The Hall–Kier alpha value is -3.59. The van der Waals surface area contributed by atoms with Crippen molar-refractivity contribution >= 4 is 11.8 Å². The van der Waals surface area contributed by atoms with Gasteiger partial charge in [0.05, 0.1) is 18.8 Å². The summed E-state index contributed by atoms with van der Waals surface area (Å²) in [6.45, 7) is 2.35. The van der Waals surface area contributed by atoms with Gasteiger partial charge < -0.3 is 10.1 Å². The number of hydrogen-bond acceptors (Lipinski definition) is 5. The molecule has 1 aliphatic rings. The monoisotopic (exact) mass is 454 g/mol. The van der Waals surface area contributed by atoms with Crippen LogP contribution in [0.2, 0.25) is 0 Å². The van der Waals surface area contributed by atoms with Crippen molar-refractivity contribution in [2.75, 3.05) is 25.0 Å². The lowest BCUT2D eigenvalue weighted by molar-refractivity contribution is 0.131. The number of nitrogens with one attached hydrogen (secondary N) is 2. The Morgan fingerprint density at radius 2 is 1.85 bits per heavy atom. The van der Waals surface area contributed by atoms with Gasteiger partial charge in [-0.1, -0.05) is 12.1 Å². The van der Waals surface area contributed by atoms with Crippen LogP contribution in [0.5, 0.6) is 0 Å². The van der Waals surface area contributed by atoms with E-state index in [9.17, 15) is 18.4 Å². The van der Waals surface area contributed by atoms with E-state index >= 15 is 0 Å². The van der Waals surface area contributed by atoms with Crippen LogP contribution >= 0.6 is 0 Å². The van der Waals surface area contributed by atoms with Gasteiger partial charge in [0.2, 0.25) is 0 Å². The number of carbonyl (C=O) groups is 1. The van der Waals surface area contributed by atoms with Crippen LogP contribution in [0.1, 0.15) is 18.4 Å². The summed E-state index contributed by atoms with van der Waals surface area (Å²) in [7, 11) is 0. The zero-order valence-corrected chi connectivity index (χ0v) is 17.9. The SMILES string of the molecule is O=C(Nc1cccc(Cn2nc(-c3cc(F)cc(F)c3)ccc2=O)c1)OCC1CCNCC1. The number of halogens is 2. The summed E-state index contributed by atoms with van der Waals surface area (Å²) in [5.74, 6) is -1.09. The van der Waals surface area contributed by atoms with E-state index in [-0.39, 0.29) is 23.4 Å². The van der Waals surface area contributed by atoms with Crippen molar-refractivity contribution in [2.24, 2.45) is 5.92 Å². The molecule has 1 fully saturated rings. The van der Waals surface area contributed by atoms with Gasteiger partial charge in [0.25, 0.3) is 5.56 Å². The molecule has 1 saturated heterocycles. The van der Waals surface area contributed by atoms with Crippen LogP contribution < -0.4 is 16.2 Å². The number of carbonyl (C=O) groups excluding carboxylic acids is 1. The van der Waals surface area contributed by atoms with Crippen molar-refractivity contribution in [2.45, 2.75) is 19.4 Å². The van der Waals surface area contributed by atoms with Gasteiger partial charge >= 0.3 is 6.09 Å². The molecule has 0 saturated carbocycles. The van der Waals surface area contributed by atoms with Gasteiger partial charge in [-0.25, -0.2) is 18.3 Å². The first-order valence-corrected chi connectivity index (χ1v) is 10.7. The summed E-state index contributed by atoms with van der Waals surface area (Å²) in [6.07, 6.45) is 1.42. The molecule has 1 aliphatic heterocycles. The Morgan fingerprint density at radius 3 is 2.61 bits per heavy atom. The summed E-state index contributed by atoms with van der Waals surface area (Å²) < 4.78 is 33.7. The Balaban J connectivity index is 1.43. The van der Waals surface area contributed by atoms with Gasteiger partial charge in [-0.3, -0.25) is 10.1 Å². The van der Waals surface area contributed by atoms with Crippen molar-refractivity contribution in [3.8, 4) is 11.3 Å². The van der Waals surface area contributed by atoms with Crippen LogP contribution in [0, 0.1) is 17.6 Å². The summed E-state index contributed by atoms with van der Waals surface area (Å²) >= 11 is 0. The largest absolute Gasteiger partial charge is 0.449 e. The number of rotatable bonds is 6. The maximum atomic E-state index is 13.6. The average molecular weight is 454 g/mol. The number of piperidine rings is 1. The predicted molar refractivity (Wildman–Crippen MR) is 120 cm³/mol. The van der Waals surface area contributed by atoms with Crippen LogP contribution in [0.3, 0.4) is 0 Å². The minimum absolute atomic E-state index is 0.115. The standard InChI is InChI=1S/C24H24F2N4O3/c25-19-11-18(12-20(26)13-19)22-4-5-23(31)30(29-22)14-17-2-1-3-21(10-17)28-24(32)33-15-16-6-8-27-9-7-16/h1-5,10-13,16,27H,6-9,14-15H2,(H,28,32). The topological polar surface area (TPSA) is 85.2 Å². The third kappa shape index (κ3) is 6.23. The van der Waals surface area contributed by atoms with Crippen LogP contribution in [-0.2, 0) is 11.3 Å². The molecule has 1 amide bonds. The van der Waals surface area contributed by atoms with Crippen molar-refractivity contribution in [3.63, 3.8) is 0 Å². The van der Waals surface area contributed by atoms with E-state index in [0.717, 1.165) is 44.1 Å². The lowest BCUT2D eigenvalue weighted by Crippen LogP contribution is -2.31. The number of amides is 1. The molecule has 2 N–H and O–H groups in total. The molecule has 7 nitrogen and oxygen atoms in total. The minimum atomic E-state index is -0.727. The summed E-state index contributed by atoms with van der Waals surface area (Å²) in [4.78, 5) is 24.5. The molecular weight excluding hydrogens is 430 g/mol. The highest BCUT2D eigenvalue weighted by Gasteiger charge is 2.15. The molecule has 0 atom stereocenters. The van der Waals surface area contributed by atoms with Gasteiger partial charge in [0.15, 0.2) is 0 Å². The molecule has 3 aromatic rings. The van der Waals surface area contributed by atoms with Gasteiger partial charge in [-0.2, -0.15) is 5.10 Å².